The molecule has 0 radical (unpaired) electrons. The zero-order valence-corrected chi connectivity index (χ0v) is 8.66. The minimum Gasteiger partial charge on any atom is -0.456 e. The summed E-state index contributed by atoms with van der Waals surface area (Å²) in [6, 6.07) is 6.29. The second-order valence-electron chi connectivity index (χ2n) is 3.87. The van der Waals surface area contributed by atoms with E-state index in [4.69, 9.17) is 4.42 Å². The molecule has 0 bridgehead atoms. The molecule has 0 unspecified atom stereocenters. The highest BCUT2D eigenvalue weighted by Gasteiger charge is 2.04. The Hall–Kier alpha value is -1.76. The van der Waals surface area contributed by atoms with Crippen molar-refractivity contribution in [3.8, 4) is 0 Å². The van der Waals surface area contributed by atoms with Gasteiger partial charge in [0, 0.05) is 10.6 Å². The van der Waals surface area contributed by atoms with Crippen molar-refractivity contribution in [3.05, 3.63) is 46.5 Å². The van der Waals surface area contributed by atoms with Crippen LogP contribution in [0.25, 0.3) is 23.1 Å². The van der Waals surface area contributed by atoms with Crippen LogP contribution in [-0.4, -0.2) is 0 Å². The lowest BCUT2D eigenvalue weighted by Gasteiger charge is -1.91. The Balaban J connectivity index is 2.58. The molecule has 1 heterocycles. The average molecular weight is 196 g/mol. The van der Waals surface area contributed by atoms with Gasteiger partial charge >= 0.3 is 0 Å². The van der Waals surface area contributed by atoms with Crippen molar-refractivity contribution < 1.29 is 4.42 Å². The highest BCUT2D eigenvalue weighted by atomic mass is 16.3. The van der Waals surface area contributed by atoms with Gasteiger partial charge in [0.05, 0.1) is 0 Å². The maximum absolute atomic E-state index is 5.86. The SMILES string of the molecule is Cc1cccc2c3c(oc12)=CC=CCC=3. The molecule has 1 aromatic carbocycles. The quantitative estimate of drug-likeness (QED) is 0.630. The number of para-hydroxylation sites is 1. The minimum absolute atomic E-state index is 0.978. The molecule has 0 fully saturated rings. The number of furan rings is 1. The summed E-state index contributed by atoms with van der Waals surface area (Å²) in [5.41, 5.74) is 3.20. The minimum atomic E-state index is 0.978. The Labute approximate surface area is 88.0 Å². The van der Waals surface area contributed by atoms with Crippen molar-refractivity contribution in [2.45, 2.75) is 13.3 Å². The second kappa shape index (κ2) is 3.13. The fraction of sp³-hybridized carbons (Fsp3) is 0.143. The van der Waals surface area contributed by atoms with Crippen LogP contribution < -0.4 is 10.6 Å². The third kappa shape index (κ3) is 1.23. The van der Waals surface area contributed by atoms with Crippen LogP contribution in [0.4, 0.5) is 0 Å². The van der Waals surface area contributed by atoms with Gasteiger partial charge in [0.1, 0.15) is 11.0 Å². The van der Waals surface area contributed by atoms with Gasteiger partial charge in [0.15, 0.2) is 0 Å². The van der Waals surface area contributed by atoms with E-state index >= 15 is 0 Å². The first-order chi connectivity index (χ1) is 7.36. The molecule has 15 heavy (non-hydrogen) atoms. The molecule has 1 aliphatic rings. The lowest BCUT2D eigenvalue weighted by atomic mass is 10.1. The van der Waals surface area contributed by atoms with E-state index in [1.54, 1.807) is 0 Å². The molecular formula is C14H12O. The summed E-state index contributed by atoms with van der Waals surface area (Å²) >= 11 is 0. The van der Waals surface area contributed by atoms with Crippen LogP contribution in [0, 0.1) is 6.92 Å². The van der Waals surface area contributed by atoms with Gasteiger partial charge in [-0.25, -0.2) is 0 Å². The maximum atomic E-state index is 5.86. The Morgan fingerprint density at radius 2 is 2.20 bits per heavy atom. The van der Waals surface area contributed by atoms with Crippen molar-refractivity contribution in [1.29, 1.82) is 0 Å². The monoisotopic (exact) mass is 196 g/mol. The predicted octanol–water partition coefficient (Wildman–Crippen LogP) is 2.26. The molecule has 0 spiro atoms. The van der Waals surface area contributed by atoms with Crippen molar-refractivity contribution >= 4 is 23.1 Å². The molecule has 1 aliphatic carbocycles. The summed E-state index contributed by atoms with van der Waals surface area (Å²) in [5.74, 6) is 0. The van der Waals surface area contributed by atoms with Gasteiger partial charge in [-0.3, -0.25) is 0 Å². The summed E-state index contributed by atoms with van der Waals surface area (Å²) in [5, 5.41) is 2.46. The maximum Gasteiger partial charge on any atom is 0.138 e. The fourth-order valence-corrected chi connectivity index (χ4v) is 2.05. The first kappa shape index (κ1) is 8.54. The van der Waals surface area contributed by atoms with Gasteiger partial charge in [0.25, 0.3) is 0 Å². The van der Waals surface area contributed by atoms with Gasteiger partial charge in [-0.1, -0.05) is 36.4 Å². The third-order valence-electron chi connectivity index (χ3n) is 2.82. The van der Waals surface area contributed by atoms with Crippen LogP contribution in [0.2, 0.25) is 0 Å². The lowest BCUT2D eigenvalue weighted by molar-refractivity contribution is 0.573. The van der Waals surface area contributed by atoms with E-state index < -0.39 is 0 Å². The van der Waals surface area contributed by atoms with Gasteiger partial charge in [-0.2, -0.15) is 0 Å². The molecule has 0 aliphatic heterocycles. The summed E-state index contributed by atoms with van der Waals surface area (Å²) in [4.78, 5) is 0. The number of hydrogen-bond acceptors (Lipinski definition) is 1. The highest BCUT2D eigenvalue weighted by molar-refractivity contribution is 5.82. The van der Waals surface area contributed by atoms with Crippen LogP contribution >= 0.6 is 0 Å². The second-order valence-corrected chi connectivity index (χ2v) is 3.87. The summed E-state index contributed by atoms with van der Waals surface area (Å²) in [6.45, 7) is 2.08. The van der Waals surface area contributed by atoms with E-state index in [0.717, 1.165) is 17.4 Å². The fourth-order valence-electron chi connectivity index (χ4n) is 2.05. The molecule has 0 amide bonds. The predicted molar refractivity (Wildman–Crippen MR) is 62.9 cm³/mol. The third-order valence-corrected chi connectivity index (χ3v) is 2.82. The van der Waals surface area contributed by atoms with Crippen molar-refractivity contribution in [3.63, 3.8) is 0 Å². The van der Waals surface area contributed by atoms with Crippen LogP contribution in [-0.2, 0) is 0 Å². The number of fused-ring (bicyclic) bond motifs is 3. The Bertz CT molecular complexity index is 656. The zero-order chi connectivity index (χ0) is 10.3. The van der Waals surface area contributed by atoms with Crippen LogP contribution in [0.15, 0.2) is 34.8 Å². The molecule has 74 valence electrons. The number of allylic oxidation sites excluding steroid dienone is 2. The van der Waals surface area contributed by atoms with E-state index in [2.05, 4.69) is 43.4 Å². The van der Waals surface area contributed by atoms with Crippen molar-refractivity contribution in [1.82, 2.24) is 0 Å². The molecule has 1 heteroatoms. The molecule has 0 saturated heterocycles. The van der Waals surface area contributed by atoms with Crippen molar-refractivity contribution in [2.75, 3.05) is 0 Å². The van der Waals surface area contributed by atoms with E-state index in [1.807, 2.05) is 6.08 Å². The number of hydrogen-bond donors (Lipinski definition) is 0. The molecule has 0 N–H and O–H groups in total. The largest absolute Gasteiger partial charge is 0.456 e. The van der Waals surface area contributed by atoms with Gasteiger partial charge in [0.2, 0.25) is 0 Å². The molecule has 3 rings (SSSR count). The van der Waals surface area contributed by atoms with Crippen LogP contribution in [0.5, 0.6) is 0 Å². The average Bonchev–Trinajstić information content (AvgIpc) is 2.45. The van der Waals surface area contributed by atoms with E-state index in [0.29, 0.717) is 0 Å². The van der Waals surface area contributed by atoms with Crippen LogP contribution in [0.3, 0.4) is 0 Å². The molecule has 1 nitrogen and oxygen atoms in total. The molecule has 0 saturated carbocycles. The number of benzene rings is 1. The molecule has 2 aromatic rings. The number of rotatable bonds is 0. The van der Waals surface area contributed by atoms with Gasteiger partial charge < -0.3 is 4.42 Å². The van der Waals surface area contributed by atoms with Gasteiger partial charge in [-0.05, 0) is 25.0 Å². The Morgan fingerprint density at radius 3 is 3.13 bits per heavy atom. The first-order valence-corrected chi connectivity index (χ1v) is 5.21. The highest BCUT2D eigenvalue weighted by Crippen LogP contribution is 2.13. The summed E-state index contributed by atoms with van der Waals surface area (Å²) < 4.78 is 5.86. The Kier molecular flexibility index (Phi) is 1.78. The van der Waals surface area contributed by atoms with E-state index in [9.17, 15) is 0 Å². The van der Waals surface area contributed by atoms with Crippen molar-refractivity contribution in [2.24, 2.45) is 0 Å². The normalized spacial score (nSPS) is 14.2. The van der Waals surface area contributed by atoms with Gasteiger partial charge in [-0.15, -0.1) is 0 Å². The summed E-state index contributed by atoms with van der Waals surface area (Å²) in [7, 11) is 0. The summed E-state index contributed by atoms with van der Waals surface area (Å²) in [6.07, 6.45) is 9.43. The lowest BCUT2D eigenvalue weighted by Crippen LogP contribution is -2.18. The van der Waals surface area contributed by atoms with E-state index in [-0.39, 0.29) is 0 Å². The standard InChI is InChI=1S/C14H12O/c1-10-6-5-8-12-11-7-3-2-4-9-13(11)15-14(10)12/h2,4-9H,3H2,1H3. The first-order valence-electron chi connectivity index (χ1n) is 5.21. The topological polar surface area (TPSA) is 13.1 Å². The van der Waals surface area contributed by atoms with E-state index in [1.165, 1.54) is 16.2 Å². The zero-order valence-electron chi connectivity index (χ0n) is 8.66. The number of aryl methyl sites for hydroxylation is 1. The van der Waals surface area contributed by atoms with Crippen LogP contribution in [0.1, 0.15) is 12.0 Å². The molecule has 0 atom stereocenters. The smallest absolute Gasteiger partial charge is 0.138 e. The Morgan fingerprint density at radius 1 is 1.27 bits per heavy atom. The molecule has 1 aromatic heterocycles. The molecular weight excluding hydrogens is 184 g/mol.